The summed E-state index contributed by atoms with van der Waals surface area (Å²) in [5.74, 6) is 0.411. The maximum Gasteiger partial charge on any atom is 0.120 e. The van der Waals surface area contributed by atoms with Crippen molar-refractivity contribution >= 4 is 0 Å². The number of aromatic hydroxyl groups is 1. The van der Waals surface area contributed by atoms with Crippen LogP contribution in [-0.4, -0.2) is 11.1 Å². The van der Waals surface area contributed by atoms with E-state index in [0.717, 1.165) is 12.1 Å². The van der Waals surface area contributed by atoms with Crippen LogP contribution in [0.15, 0.2) is 18.2 Å². The summed E-state index contributed by atoms with van der Waals surface area (Å²) in [6.07, 6.45) is 6.64. The molecule has 0 unspecified atom stereocenters. The lowest BCUT2D eigenvalue weighted by molar-refractivity contribution is 0.369. The minimum Gasteiger partial charge on any atom is -0.508 e. The average molecular weight is 219 g/mol. The van der Waals surface area contributed by atoms with Gasteiger partial charge in [-0.2, -0.15) is 0 Å². The molecular weight excluding hydrogens is 198 g/mol. The molecule has 0 spiro atoms. The van der Waals surface area contributed by atoms with E-state index in [-0.39, 0.29) is 0 Å². The van der Waals surface area contributed by atoms with Crippen molar-refractivity contribution in [3.63, 3.8) is 0 Å². The fraction of sp³-hybridized carbons (Fsp3) is 0.571. The molecule has 16 heavy (non-hydrogen) atoms. The number of hydrogen-bond donors (Lipinski definition) is 2. The van der Waals surface area contributed by atoms with Gasteiger partial charge in [0.2, 0.25) is 0 Å². The smallest absolute Gasteiger partial charge is 0.120 e. The zero-order valence-corrected chi connectivity index (χ0v) is 10.00. The highest BCUT2D eigenvalue weighted by atomic mass is 16.3. The maximum absolute atomic E-state index is 9.72. The summed E-state index contributed by atoms with van der Waals surface area (Å²) < 4.78 is 0. The molecule has 88 valence electrons. The van der Waals surface area contributed by atoms with Crippen molar-refractivity contribution in [2.24, 2.45) is 0 Å². The van der Waals surface area contributed by atoms with Crippen molar-refractivity contribution in [3.05, 3.63) is 29.3 Å². The van der Waals surface area contributed by atoms with Crippen molar-refractivity contribution in [3.8, 4) is 5.75 Å². The quantitative estimate of drug-likeness (QED) is 0.818. The van der Waals surface area contributed by atoms with Gasteiger partial charge < -0.3 is 10.4 Å². The van der Waals surface area contributed by atoms with E-state index < -0.39 is 0 Å². The van der Waals surface area contributed by atoms with Crippen LogP contribution in [-0.2, 0) is 6.54 Å². The van der Waals surface area contributed by atoms with Gasteiger partial charge in [-0.3, -0.25) is 0 Å². The maximum atomic E-state index is 9.72. The molecule has 1 aromatic rings. The molecule has 0 amide bonds. The van der Waals surface area contributed by atoms with Crippen LogP contribution in [0.2, 0.25) is 0 Å². The van der Waals surface area contributed by atoms with Crippen LogP contribution in [0.25, 0.3) is 0 Å². The molecule has 1 aliphatic carbocycles. The summed E-state index contributed by atoms with van der Waals surface area (Å²) in [7, 11) is 0. The molecule has 0 heterocycles. The zero-order chi connectivity index (χ0) is 11.4. The molecule has 2 nitrogen and oxygen atoms in total. The van der Waals surface area contributed by atoms with Crippen LogP contribution in [0.4, 0.5) is 0 Å². The lowest BCUT2D eigenvalue weighted by atomic mass is 9.95. The van der Waals surface area contributed by atoms with Gasteiger partial charge in [0.25, 0.3) is 0 Å². The van der Waals surface area contributed by atoms with Gasteiger partial charge in [-0.15, -0.1) is 0 Å². The molecule has 0 aromatic heterocycles. The fourth-order valence-electron chi connectivity index (χ4n) is 2.42. The number of rotatable bonds is 3. The van der Waals surface area contributed by atoms with Gasteiger partial charge in [0, 0.05) is 18.2 Å². The van der Waals surface area contributed by atoms with Crippen molar-refractivity contribution < 1.29 is 5.11 Å². The fourth-order valence-corrected chi connectivity index (χ4v) is 2.42. The molecule has 2 heteroatoms. The third kappa shape index (κ3) is 2.99. The Labute approximate surface area is 97.7 Å². The molecule has 2 N–H and O–H groups in total. The second-order valence-corrected chi connectivity index (χ2v) is 4.85. The summed E-state index contributed by atoms with van der Waals surface area (Å²) in [6.45, 7) is 2.85. The minimum absolute atomic E-state index is 0.411. The molecular formula is C14H21NO. The van der Waals surface area contributed by atoms with E-state index in [2.05, 4.69) is 18.3 Å². The third-order valence-electron chi connectivity index (χ3n) is 3.42. The van der Waals surface area contributed by atoms with Crippen LogP contribution >= 0.6 is 0 Å². The molecule has 0 saturated heterocycles. The van der Waals surface area contributed by atoms with Gasteiger partial charge in [0.15, 0.2) is 0 Å². The molecule has 2 rings (SSSR count). The number of nitrogens with one attached hydrogen (secondary N) is 1. The van der Waals surface area contributed by atoms with Crippen molar-refractivity contribution in [2.75, 3.05) is 0 Å². The normalized spacial score (nSPS) is 17.6. The first-order valence-electron chi connectivity index (χ1n) is 6.27. The number of phenolic OH excluding ortho intramolecular Hbond substituents is 1. The number of phenols is 1. The Balaban J connectivity index is 1.90. The summed E-state index contributed by atoms with van der Waals surface area (Å²) >= 11 is 0. The Morgan fingerprint density at radius 1 is 1.25 bits per heavy atom. The first-order valence-corrected chi connectivity index (χ1v) is 6.27. The number of aryl methyl sites for hydroxylation is 1. The van der Waals surface area contributed by atoms with E-state index in [1.54, 1.807) is 6.07 Å². The van der Waals surface area contributed by atoms with Crippen LogP contribution in [0.1, 0.15) is 43.2 Å². The van der Waals surface area contributed by atoms with Crippen LogP contribution in [0, 0.1) is 6.92 Å². The van der Waals surface area contributed by atoms with Crippen molar-refractivity contribution in [2.45, 2.75) is 51.6 Å². The van der Waals surface area contributed by atoms with Crippen molar-refractivity contribution in [1.82, 2.24) is 5.32 Å². The molecule has 0 aliphatic heterocycles. The van der Waals surface area contributed by atoms with Crippen LogP contribution < -0.4 is 5.32 Å². The molecule has 1 fully saturated rings. The SMILES string of the molecule is Cc1ccc(O)c(CNC2CCCCC2)c1. The van der Waals surface area contributed by atoms with E-state index >= 15 is 0 Å². The number of hydrogen-bond acceptors (Lipinski definition) is 2. The third-order valence-corrected chi connectivity index (χ3v) is 3.42. The van der Waals surface area contributed by atoms with E-state index in [9.17, 15) is 5.11 Å². The largest absolute Gasteiger partial charge is 0.508 e. The monoisotopic (exact) mass is 219 g/mol. The first-order chi connectivity index (χ1) is 7.75. The predicted molar refractivity (Wildman–Crippen MR) is 66.6 cm³/mol. The summed E-state index contributed by atoms with van der Waals surface area (Å²) in [6, 6.07) is 6.44. The zero-order valence-electron chi connectivity index (χ0n) is 10.00. The lowest BCUT2D eigenvalue weighted by Gasteiger charge is -2.23. The Hall–Kier alpha value is -1.02. The summed E-state index contributed by atoms with van der Waals surface area (Å²) in [5, 5.41) is 13.3. The Morgan fingerprint density at radius 2 is 2.00 bits per heavy atom. The molecule has 1 saturated carbocycles. The summed E-state index contributed by atoms with van der Waals surface area (Å²) in [5.41, 5.74) is 2.23. The second-order valence-electron chi connectivity index (χ2n) is 4.85. The van der Waals surface area contributed by atoms with Crippen LogP contribution in [0.3, 0.4) is 0 Å². The predicted octanol–water partition coefficient (Wildman–Crippen LogP) is 3.12. The van der Waals surface area contributed by atoms with Gasteiger partial charge >= 0.3 is 0 Å². The lowest BCUT2D eigenvalue weighted by Crippen LogP contribution is -2.30. The number of benzene rings is 1. The highest BCUT2D eigenvalue weighted by Gasteiger charge is 2.13. The van der Waals surface area contributed by atoms with Gasteiger partial charge in [-0.05, 0) is 25.8 Å². The van der Waals surface area contributed by atoms with E-state index in [1.807, 2.05) is 6.07 Å². The Kier molecular flexibility index (Phi) is 3.83. The summed E-state index contributed by atoms with van der Waals surface area (Å²) in [4.78, 5) is 0. The highest BCUT2D eigenvalue weighted by Crippen LogP contribution is 2.21. The van der Waals surface area contributed by atoms with E-state index in [0.29, 0.717) is 11.8 Å². The second kappa shape index (κ2) is 5.35. The molecule has 1 aliphatic rings. The first kappa shape index (κ1) is 11.5. The molecule has 0 bridgehead atoms. The highest BCUT2D eigenvalue weighted by molar-refractivity contribution is 5.35. The minimum atomic E-state index is 0.411. The average Bonchev–Trinajstić information content (AvgIpc) is 2.32. The van der Waals surface area contributed by atoms with E-state index in [1.165, 1.54) is 37.7 Å². The Bertz CT molecular complexity index is 343. The van der Waals surface area contributed by atoms with Gasteiger partial charge in [-0.25, -0.2) is 0 Å². The molecule has 0 radical (unpaired) electrons. The topological polar surface area (TPSA) is 32.3 Å². The van der Waals surface area contributed by atoms with Gasteiger partial charge in [-0.1, -0.05) is 37.0 Å². The molecule has 1 aromatic carbocycles. The van der Waals surface area contributed by atoms with Crippen LogP contribution in [0.5, 0.6) is 5.75 Å². The Morgan fingerprint density at radius 3 is 2.75 bits per heavy atom. The van der Waals surface area contributed by atoms with Gasteiger partial charge in [0.1, 0.15) is 5.75 Å². The van der Waals surface area contributed by atoms with Crippen molar-refractivity contribution in [1.29, 1.82) is 0 Å². The standard InChI is InChI=1S/C14H21NO/c1-11-7-8-14(16)12(9-11)10-15-13-5-3-2-4-6-13/h7-9,13,15-16H,2-6,10H2,1H3. The molecule has 0 atom stereocenters. The van der Waals surface area contributed by atoms with Gasteiger partial charge in [0.05, 0.1) is 0 Å². The van der Waals surface area contributed by atoms with E-state index in [4.69, 9.17) is 0 Å².